The largest absolute Gasteiger partial charge is 0.360 e. The quantitative estimate of drug-likeness (QED) is 0.771. The minimum Gasteiger partial charge on any atom is -0.360 e. The maximum Gasteiger partial charge on any atom is 0.271 e. The molecule has 0 aliphatic carbocycles. The predicted molar refractivity (Wildman–Crippen MR) is 76.6 cm³/mol. The Morgan fingerprint density at radius 2 is 2.05 bits per heavy atom. The normalized spacial score (nSPS) is 10.1. The number of halogens is 1. The Morgan fingerprint density at radius 3 is 2.80 bits per heavy atom. The third kappa shape index (κ3) is 3.83. The highest BCUT2D eigenvalue weighted by Gasteiger charge is 2.07. The average Bonchev–Trinajstić information content (AvgIpc) is 2.48. The second kappa shape index (κ2) is 6.72. The Balaban J connectivity index is 1.83. The Morgan fingerprint density at radius 1 is 1.30 bits per heavy atom. The summed E-state index contributed by atoms with van der Waals surface area (Å²) in [5.41, 5.74) is 0.557. The molecule has 0 radical (unpaired) electrons. The summed E-state index contributed by atoms with van der Waals surface area (Å²) >= 11 is 5.75. The number of amides is 1. The van der Waals surface area contributed by atoms with E-state index in [9.17, 15) is 9.59 Å². The second-order valence-corrected chi connectivity index (χ2v) is 4.39. The zero-order chi connectivity index (χ0) is 14.4. The van der Waals surface area contributed by atoms with E-state index in [4.69, 9.17) is 11.6 Å². The lowest BCUT2D eigenvalue weighted by atomic mass is 10.2. The van der Waals surface area contributed by atoms with Crippen LogP contribution in [0.2, 0.25) is 5.02 Å². The molecule has 1 amide bonds. The van der Waals surface area contributed by atoms with Crippen LogP contribution in [0.4, 0.5) is 5.82 Å². The molecule has 104 valence electrons. The summed E-state index contributed by atoms with van der Waals surface area (Å²) in [4.78, 5) is 29.1. The van der Waals surface area contributed by atoms with Gasteiger partial charge in [0.2, 0.25) is 5.91 Å². The van der Waals surface area contributed by atoms with Gasteiger partial charge in [-0.3, -0.25) is 9.59 Å². The number of nitrogens with zero attached hydrogens (tertiary/aromatic N) is 1. The van der Waals surface area contributed by atoms with Crippen molar-refractivity contribution >= 4 is 23.3 Å². The molecule has 0 atom stereocenters. The highest BCUT2D eigenvalue weighted by Crippen LogP contribution is 2.11. The van der Waals surface area contributed by atoms with E-state index in [2.05, 4.69) is 20.6 Å². The number of benzene rings is 1. The fourth-order valence-corrected chi connectivity index (χ4v) is 1.70. The minimum absolute atomic E-state index is 0.0109. The van der Waals surface area contributed by atoms with Crippen molar-refractivity contribution in [1.82, 2.24) is 15.3 Å². The van der Waals surface area contributed by atoms with Crippen LogP contribution in [0.5, 0.6) is 0 Å². The fourth-order valence-electron chi connectivity index (χ4n) is 1.53. The molecule has 20 heavy (non-hydrogen) atoms. The van der Waals surface area contributed by atoms with E-state index in [0.717, 1.165) is 5.56 Å². The van der Waals surface area contributed by atoms with Crippen molar-refractivity contribution in [3.05, 3.63) is 57.6 Å². The van der Waals surface area contributed by atoms with Crippen molar-refractivity contribution < 1.29 is 4.79 Å². The molecule has 6 nitrogen and oxygen atoms in total. The molecular weight excluding hydrogens is 280 g/mol. The molecular formula is C13H13ClN4O2. The average molecular weight is 293 g/mol. The summed E-state index contributed by atoms with van der Waals surface area (Å²) in [5.74, 6) is -0.0303. The SMILES string of the molecule is O=C(CNc1nc[nH]c(=O)c1Cl)NCc1ccccc1. The van der Waals surface area contributed by atoms with Crippen molar-refractivity contribution in [2.75, 3.05) is 11.9 Å². The van der Waals surface area contributed by atoms with Gasteiger partial charge in [-0.15, -0.1) is 0 Å². The van der Waals surface area contributed by atoms with Gasteiger partial charge >= 0.3 is 0 Å². The van der Waals surface area contributed by atoms with Gasteiger partial charge in [0.15, 0.2) is 5.82 Å². The van der Waals surface area contributed by atoms with Gasteiger partial charge in [0.25, 0.3) is 5.56 Å². The summed E-state index contributed by atoms with van der Waals surface area (Å²) in [5, 5.41) is 5.39. The minimum atomic E-state index is -0.450. The lowest BCUT2D eigenvalue weighted by Gasteiger charge is -2.07. The summed E-state index contributed by atoms with van der Waals surface area (Å²) in [6.07, 6.45) is 1.22. The van der Waals surface area contributed by atoms with Crippen LogP contribution < -0.4 is 16.2 Å². The van der Waals surface area contributed by atoms with E-state index < -0.39 is 5.56 Å². The third-order valence-electron chi connectivity index (χ3n) is 2.55. The molecule has 0 bridgehead atoms. The molecule has 3 N–H and O–H groups in total. The topological polar surface area (TPSA) is 86.9 Å². The summed E-state index contributed by atoms with van der Waals surface area (Å²) in [6.45, 7) is 0.431. The Bertz CT molecular complexity index is 642. The molecule has 0 saturated heterocycles. The summed E-state index contributed by atoms with van der Waals surface area (Å²) in [7, 11) is 0. The van der Waals surface area contributed by atoms with E-state index in [0.29, 0.717) is 6.54 Å². The first-order valence-electron chi connectivity index (χ1n) is 5.94. The van der Waals surface area contributed by atoms with Crippen LogP contribution >= 0.6 is 11.6 Å². The number of rotatable bonds is 5. The van der Waals surface area contributed by atoms with Crippen LogP contribution in [0.15, 0.2) is 41.5 Å². The van der Waals surface area contributed by atoms with Crippen LogP contribution in [0.1, 0.15) is 5.56 Å². The number of anilines is 1. The Labute approximate surface area is 120 Å². The van der Waals surface area contributed by atoms with Crippen molar-refractivity contribution in [3.8, 4) is 0 Å². The van der Waals surface area contributed by atoms with Crippen LogP contribution in [0.25, 0.3) is 0 Å². The maximum atomic E-state index is 11.7. The zero-order valence-corrected chi connectivity index (χ0v) is 11.3. The van der Waals surface area contributed by atoms with Gasteiger partial charge in [0.05, 0.1) is 12.9 Å². The highest BCUT2D eigenvalue weighted by atomic mass is 35.5. The van der Waals surface area contributed by atoms with Gasteiger partial charge < -0.3 is 15.6 Å². The molecule has 0 saturated carbocycles. The molecule has 2 aromatic rings. The molecule has 7 heteroatoms. The van der Waals surface area contributed by atoms with E-state index in [1.165, 1.54) is 6.33 Å². The molecule has 1 heterocycles. The highest BCUT2D eigenvalue weighted by molar-refractivity contribution is 6.32. The van der Waals surface area contributed by atoms with E-state index in [1.54, 1.807) is 0 Å². The van der Waals surface area contributed by atoms with E-state index in [1.807, 2.05) is 30.3 Å². The maximum absolute atomic E-state index is 11.7. The monoisotopic (exact) mass is 292 g/mol. The molecule has 1 aromatic carbocycles. The molecule has 0 spiro atoms. The first kappa shape index (κ1) is 14.1. The number of carbonyl (C=O) groups is 1. The second-order valence-electron chi connectivity index (χ2n) is 4.01. The van der Waals surface area contributed by atoms with Crippen molar-refractivity contribution in [2.24, 2.45) is 0 Å². The molecule has 2 rings (SSSR count). The van der Waals surface area contributed by atoms with Crippen LogP contribution in [0.3, 0.4) is 0 Å². The number of carbonyl (C=O) groups excluding carboxylic acids is 1. The van der Waals surface area contributed by atoms with Gasteiger partial charge in [-0.1, -0.05) is 41.9 Å². The zero-order valence-electron chi connectivity index (χ0n) is 10.5. The van der Waals surface area contributed by atoms with Crippen molar-refractivity contribution in [2.45, 2.75) is 6.54 Å². The molecule has 0 unspecified atom stereocenters. The number of nitrogens with one attached hydrogen (secondary N) is 3. The van der Waals surface area contributed by atoms with Gasteiger partial charge in [0.1, 0.15) is 5.02 Å². The predicted octanol–water partition coefficient (Wildman–Crippen LogP) is 1.15. The third-order valence-corrected chi connectivity index (χ3v) is 2.90. The lowest BCUT2D eigenvalue weighted by Crippen LogP contribution is -2.30. The number of hydrogen-bond donors (Lipinski definition) is 3. The lowest BCUT2D eigenvalue weighted by molar-refractivity contribution is -0.119. The first-order valence-corrected chi connectivity index (χ1v) is 6.32. The Hall–Kier alpha value is -2.34. The first-order chi connectivity index (χ1) is 9.66. The summed E-state index contributed by atoms with van der Waals surface area (Å²) in [6, 6.07) is 9.55. The standard InChI is InChI=1S/C13H13ClN4O2/c14-11-12(17-8-18-13(11)20)16-7-10(19)15-6-9-4-2-1-3-5-9/h1-5,8H,6-7H2,(H,15,19)(H2,16,17,18,20). The number of aromatic nitrogens is 2. The van der Waals surface area contributed by atoms with Crippen LogP contribution in [0, 0.1) is 0 Å². The van der Waals surface area contributed by atoms with Crippen molar-refractivity contribution in [1.29, 1.82) is 0 Å². The van der Waals surface area contributed by atoms with Gasteiger partial charge in [-0.2, -0.15) is 0 Å². The smallest absolute Gasteiger partial charge is 0.271 e. The van der Waals surface area contributed by atoms with Gasteiger partial charge in [-0.05, 0) is 5.56 Å². The van der Waals surface area contributed by atoms with E-state index in [-0.39, 0.29) is 23.3 Å². The summed E-state index contributed by atoms with van der Waals surface area (Å²) < 4.78 is 0. The molecule has 1 aromatic heterocycles. The number of aromatic amines is 1. The van der Waals surface area contributed by atoms with Crippen molar-refractivity contribution in [3.63, 3.8) is 0 Å². The van der Waals surface area contributed by atoms with Gasteiger partial charge in [-0.25, -0.2) is 4.98 Å². The van der Waals surface area contributed by atoms with E-state index >= 15 is 0 Å². The number of hydrogen-bond acceptors (Lipinski definition) is 4. The van der Waals surface area contributed by atoms with Crippen LogP contribution in [-0.4, -0.2) is 22.4 Å². The number of H-pyrrole nitrogens is 1. The molecule has 0 aliphatic heterocycles. The Kier molecular flexibility index (Phi) is 4.73. The molecule has 0 aliphatic rings. The molecule has 0 fully saturated rings. The van der Waals surface area contributed by atoms with Gasteiger partial charge in [0, 0.05) is 6.54 Å². The van der Waals surface area contributed by atoms with Crippen LogP contribution in [-0.2, 0) is 11.3 Å². The fraction of sp³-hybridized carbons (Fsp3) is 0.154.